The van der Waals surface area contributed by atoms with Gasteiger partial charge in [0.1, 0.15) is 5.76 Å². The fourth-order valence-electron chi connectivity index (χ4n) is 1.50. The molecule has 0 aliphatic heterocycles. The average Bonchev–Trinajstić information content (AvgIpc) is 2.76. The summed E-state index contributed by atoms with van der Waals surface area (Å²) in [5.41, 5.74) is 2.51. The zero-order valence-corrected chi connectivity index (χ0v) is 11.0. The van der Waals surface area contributed by atoms with Crippen molar-refractivity contribution in [3.8, 4) is 0 Å². The summed E-state index contributed by atoms with van der Waals surface area (Å²) in [4.78, 5) is 11.9. The maximum atomic E-state index is 11.9. The van der Waals surface area contributed by atoms with Gasteiger partial charge >= 0.3 is 0 Å². The van der Waals surface area contributed by atoms with Gasteiger partial charge < -0.3 is 9.73 Å². The number of benzene rings is 1. The first-order valence-electron chi connectivity index (χ1n) is 5.21. The van der Waals surface area contributed by atoms with Gasteiger partial charge in [-0.2, -0.15) is 0 Å². The molecule has 0 fully saturated rings. The molecule has 0 radical (unpaired) electrons. The quantitative estimate of drug-likeness (QED) is 0.876. The molecule has 1 heterocycles. The Kier molecular flexibility index (Phi) is 3.64. The van der Waals surface area contributed by atoms with Crippen molar-refractivity contribution in [1.82, 2.24) is 0 Å². The molecule has 2 rings (SSSR count). The van der Waals surface area contributed by atoms with Crippen molar-refractivity contribution in [2.45, 2.75) is 12.3 Å². The summed E-state index contributed by atoms with van der Waals surface area (Å²) in [6.45, 7) is 1.77. The van der Waals surface area contributed by atoms with E-state index in [2.05, 4.69) is 21.2 Å². The molecule has 2 aromatic rings. The van der Waals surface area contributed by atoms with Crippen LogP contribution in [0.25, 0.3) is 0 Å². The largest absolute Gasteiger partial charge is 0.469 e. The summed E-state index contributed by atoms with van der Waals surface area (Å²) in [7, 11) is 0. The molecule has 0 atom stereocenters. The smallest absolute Gasteiger partial charge is 0.259 e. The maximum Gasteiger partial charge on any atom is 0.259 e. The molecule has 0 unspecified atom stereocenters. The van der Waals surface area contributed by atoms with Crippen molar-refractivity contribution < 1.29 is 9.21 Å². The van der Waals surface area contributed by atoms with Crippen molar-refractivity contribution >= 4 is 27.5 Å². The molecule has 0 aliphatic carbocycles. The van der Waals surface area contributed by atoms with Gasteiger partial charge in [0, 0.05) is 11.0 Å². The monoisotopic (exact) mass is 293 g/mol. The highest BCUT2D eigenvalue weighted by atomic mass is 79.9. The van der Waals surface area contributed by atoms with Gasteiger partial charge in [-0.3, -0.25) is 4.79 Å². The Labute approximate surface area is 108 Å². The Morgan fingerprint density at radius 3 is 2.53 bits per heavy atom. The van der Waals surface area contributed by atoms with Crippen molar-refractivity contribution in [3.63, 3.8) is 0 Å². The number of anilines is 1. The molecule has 1 aromatic carbocycles. The Balaban J connectivity index is 2.10. The predicted molar refractivity (Wildman–Crippen MR) is 70.5 cm³/mol. The molecule has 0 saturated heterocycles. The Morgan fingerprint density at radius 1 is 1.29 bits per heavy atom. The zero-order valence-electron chi connectivity index (χ0n) is 9.37. The molecule has 4 heteroatoms. The van der Waals surface area contributed by atoms with E-state index in [1.807, 2.05) is 24.3 Å². The van der Waals surface area contributed by atoms with E-state index in [4.69, 9.17) is 4.42 Å². The summed E-state index contributed by atoms with van der Waals surface area (Å²) in [6, 6.07) is 9.35. The molecule has 0 saturated carbocycles. The van der Waals surface area contributed by atoms with Gasteiger partial charge in [0.25, 0.3) is 5.91 Å². The van der Waals surface area contributed by atoms with Gasteiger partial charge in [-0.1, -0.05) is 28.1 Å². The zero-order chi connectivity index (χ0) is 12.3. The first kappa shape index (κ1) is 11.9. The standard InChI is InChI=1S/C13H12BrNO2/c1-9-12(6-7-17-9)13(16)15-11-4-2-10(8-14)3-5-11/h2-7H,8H2,1H3,(H,15,16). The third-order valence-electron chi connectivity index (χ3n) is 2.47. The van der Waals surface area contributed by atoms with E-state index in [1.54, 1.807) is 13.0 Å². The normalized spacial score (nSPS) is 10.2. The molecule has 0 spiro atoms. The number of rotatable bonds is 3. The summed E-state index contributed by atoms with van der Waals surface area (Å²) in [6.07, 6.45) is 1.51. The van der Waals surface area contributed by atoms with Gasteiger partial charge in [0.15, 0.2) is 0 Å². The summed E-state index contributed by atoms with van der Waals surface area (Å²) < 4.78 is 5.09. The lowest BCUT2D eigenvalue weighted by Gasteiger charge is -2.04. The number of aryl methyl sites for hydroxylation is 1. The third kappa shape index (κ3) is 2.77. The predicted octanol–water partition coefficient (Wildman–Crippen LogP) is 3.74. The van der Waals surface area contributed by atoms with Crippen LogP contribution in [0.1, 0.15) is 21.7 Å². The molecular weight excluding hydrogens is 282 g/mol. The highest BCUT2D eigenvalue weighted by molar-refractivity contribution is 9.08. The van der Waals surface area contributed by atoms with Crippen LogP contribution in [0, 0.1) is 6.92 Å². The van der Waals surface area contributed by atoms with E-state index in [9.17, 15) is 4.79 Å². The van der Waals surface area contributed by atoms with Crippen molar-refractivity contribution in [2.75, 3.05) is 5.32 Å². The topological polar surface area (TPSA) is 42.2 Å². The number of hydrogen-bond acceptors (Lipinski definition) is 2. The lowest BCUT2D eigenvalue weighted by atomic mass is 10.2. The Hall–Kier alpha value is -1.55. The molecule has 3 nitrogen and oxygen atoms in total. The Bertz CT molecular complexity index is 516. The Morgan fingerprint density at radius 2 is 2.00 bits per heavy atom. The van der Waals surface area contributed by atoms with Crippen LogP contribution in [0.15, 0.2) is 41.0 Å². The van der Waals surface area contributed by atoms with Crippen LogP contribution in [-0.4, -0.2) is 5.91 Å². The van der Waals surface area contributed by atoms with Gasteiger partial charge in [-0.05, 0) is 30.7 Å². The fourth-order valence-corrected chi connectivity index (χ4v) is 1.87. The lowest BCUT2D eigenvalue weighted by molar-refractivity contribution is 0.102. The van der Waals surface area contributed by atoms with Gasteiger partial charge in [0.05, 0.1) is 11.8 Å². The molecule has 1 amide bonds. The van der Waals surface area contributed by atoms with Gasteiger partial charge in [-0.25, -0.2) is 0 Å². The number of nitrogens with one attached hydrogen (secondary N) is 1. The highest BCUT2D eigenvalue weighted by Crippen LogP contribution is 2.15. The average molecular weight is 294 g/mol. The molecule has 0 aliphatic rings. The van der Waals surface area contributed by atoms with Gasteiger partial charge in [-0.15, -0.1) is 0 Å². The van der Waals surface area contributed by atoms with Crippen molar-refractivity contribution in [1.29, 1.82) is 0 Å². The first-order valence-corrected chi connectivity index (χ1v) is 6.33. The molecular formula is C13H12BrNO2. The lowest BCUT2D eigenvalue weighted by Crippen LogP contribution is -2.11. The molecule has 17 heavy (non-hydrogen) atoms. The number of carbonyl (C=O) groups is 1. The number of furan rings is 1. The minimum atomic E-state index is -0.150. The summed E-state index contributed by atoms with van der Waals surface area (Å²) in [5.74, 6) is 0.474. The van der Waals surface area contributed by atoms with Crippen molar-refractivity contribution in [3.05, 3.63) is 53.5 Å². The van der Waals surface area contributed by atoms with E-state index >= 15 is 0 Å². The number of hydrogen-bond donors (Lipinski definition) is 1. The van der Waals surface area contributed by atoms with E-state index in [0.29, 0.717) is 11.3 Å². The first-order chi connectivity index (χ1) is 8.20. The van der Waals surface area contributed by atoms with Crippen LogP contribution in [0.5, 0.6) is 0 Å². The second-order valence-electron chi connectivity index (χ2n) is 3.68. The van der Waals surface area contributed by atoms with Crippen LogP contribution in [0.4, 0.5) is 5.69 Å². The minimum Gasteiger partial charge on any atom is -0.469 e. The van der Waals surface area contributed by atoms with E-state index in [-0.39, 0.29) is 5.91 Å². The molecule has 0 bridgehead atoms. The van der Waals surface area contributed by atoms with Crippen LogP contribution < -0.4 is 5.32 Å². The molecule has 1 aromatic heterocycles. The maximum absolute atomic E-state index is 11.9. The van der Waals surface area contributed by atoms with Crippen LogP contribution >= 0.6 is 15.9 Å². The number of alkyl halides is 1. The number of halogens is 1. The van der Waals surface area contributed by atoms with Gasteiger partial charge in [0.2, 0.25) is 0 Å². The SMILES string of the molecule is Cc1occc1C(=O)Nc1ccc(CBr)cc1. The van der Waals surface area contributed by atoms with Crippen LogP contribution in [0.3, 0.4) is 0 Å². The van der Waals surface area contributed by atoms with Crippen LogP contribution in [0.2, 0.25) is 0 Å². The fraction of sp³-hybridized carbons (Fsp3) is 0.154. The van der Waals surface area contributed by atoms with Crippen molar-refractivity contribution in [2.24, 2.45) is 0 Å². The summed E-state index contributed by atoms with van der Waals surface area (Å²) in [5, 5.41) is 3.63. The van der Waals surface area contributed by atoms with E-state index < -0.39 is 0 Å². The van der Waals surface area contributed by atoms with Crippen LogP contribution in [-0.2, 0) is 5.33 Å². The second-order valence-corrected chi connectivity index (χ2v) is 4.24. The highest BCUT2D eigenvalue weighted by Gasteiger charge is 2.11. The third-order valence-corrected chi connectivity index (χ3v) is 3.12. The number of amides is 1. The second kappa shape index (κ2) is 5.19. The van der Waals surface area contributed by atoms with E-state index in [1.165, 1.54) is 11.8 Å². The summed E-state index contributed by atoms with van der Waals surface area (Å²) >= 11 is 3.37. The molecule has 88 valence electrons. The minimum absolute atomic E-state index is 0.150. The molecule has 1 N–H and O–H groups in total. The number of carbonyl (C=O) groups excluding carboxylic acids is 1. The van der Waals surface area contributed by atoms with E-state index in [0.717, 1.165) is 11.0 Å².